The van der Waals surface area contributed by atoms with Crippen LogP contribution in [-0.2, 0) is 5.60 Å². The Morgan fingerprint density at radius 3 is 2.62 bits per heavy atom. The second kappa shape index (κ2) is 8.73. The van der Waals surface area contributed by atoms with Gasteiger partial charge in [-0.3, -0.25) is 9.48 Å². The van der Waals surface area contributed by atoms with E-state index in [0.717, 1.165) is 6.20 Å². The molecular weight excluding hydrogens is 425 g/mol. The Labute approximate surface area is 182 Å². The van der Waals surface area contributed by atoms with Gasteiger partial charge in [0, 0.05) is 24.3 Å². The van der Waals surface area contributed by atoms with Crippen molar-refractivity contribution in [1.29, 1.82) is 0 Å². The lowest BCUT2D eigenvalue weighted by Crippen LogP contribution is -2.46. The first-order valence-electron chi connectivity index (χ1n) is 10.2. The molecule has 1 saturated heterocycles. The lowest BCUT2D eigenvalue weighted by molar-refractivity contribution is -0.114. The van der Waals surface area contributed by atoms with Gasteiger partial charge in [-0.1, -0.05) is 12.1 Å². The molecule has 1 unspecified atom stereocenters. The Kier molecular flexibility index (Phi) is 6.00. The molecule has 1 fully saturated rings. The van der Waals surface area contributed by atoms with Crippen molar-refractivity contribution in [2.24, 2.45) is 0 Å². The minimum atomic E-state index is -3.29. The molecule has 3 atom stereocenters. The quantitative estimate of drug-likeness (QED) is 0.627. The summed E-state index contributed by atoms with van der Waals surface area (Å²) in [7, 11) is 0. The molecule has 11 heteroatoms. The van der Waals surface area contributed by atoms with Gasteiger partial charge in [-0.05, 0) is 31.9 Å². The van der Waals surface area contributed by atoms with Crippen LogP contribution in [0.15, 0.2) is 49.1 Å². The lowest BCUT2D eigenvalue weighted by Gasteiger charge is -2.38. The summed E-state index contributed by atoms with van der Waals surface area (Å²) < 4.78 is 41.0. The molecule has 0 aliphatic carbocycles. The smallest absolute Gasteiger partial charge is 0.273 e. The van der Waals surface area contributed by atoms with Crippen LogP contribution < -0.4 is 0 Å². The van der Waals surface area contributed by atoms with Gasteiger partial charge < -0.3 is 10.0 Å². The van der Waals surface area contributed by atoms with Crippen molar-refractivity contribution in [3.63, 3.8) is 0 Å². The van der Waals surface area contributed by atoms with Crippen molar-refractivity contribution in [1.82, 2.24) is 29.7 Å². The molecule has 3 aromatic rings. The molecule has 1 aromatic carbocycles. The van der Waals surface area contributed by atoms with Crippen LogP contribution in [0.2, 0.25) is 0 Å². The van der Waals surface area contributed by atoms with E-state index in [9.17, 15) is 23.1 Å². The summed E-state index contributed by atoms with van der Waals surface area (Å²) in [4.78, 5) is 16.5. The Bertz CT molecular complexity index is 1070. The van der Waals surface area contributed by atoms with Crippen LogP contribution >= 0.6 is 0 Å². The molecule has 170 valence electrons. The minimum Gasteiger partial charge on any atom is -0.377 e. The van der Waals surface area contributed by atoms with E-state index >= 15 is 0 Å². The number of aromatic nitrogens is 5. The first kappa shape index (κ1) is 22.0. The second-order valence-corrected chi connectivity index (χ2v) is 7.94. The number of benzene rings is 1. The first-order valence-corrected chi connectivity index (χ1v) is 10.2. The number of carbonyl (C=O) groups is 1. The molecule has 0 bridgehead atoms. The Balaban J connectivity index is 1.59. The molecule has 32 heavy (non-hydrogen) atoms. The third-order valence-electron chi connectivity index (χ3n) is 5.93. The number of likely N-dealkylation sites (tertiary alicyclic amines) is 1. The number of hydrogen-bond donors (Lipinski definition) is 1. The van der Waals surface area contributed by atoms with Crippen molar-refractivity contribution in [3.8, 4) is 5.69 Å². The Morgan fingerprint density at radius 1 is 1.22 bits per heavy atom. The monoisotopic (exact) mass is 448 g/mol. The number of alkyl halides is 3. The fourth-order valence-corrected chi connectivity index (χ4v) is 3.93. The Hall–Kier alpha value is -3.21. The maximum atomic E-state index is 13.4. The SMILES string of the molecule is C[C@@H]1CC[C@@H](n2cc(C(O)(CF)C(F)F)cn2)CN1C(=O)c1ccccc1-n1nccn1. The predicted molar refractivity (Wildman–Crippen MR) is 108 cm³/mol. The molecule has 4 rings (SSSR count). The van der Waals surface area contributed by atoms with Crippen LogP contribution in [0, 0.1) is 0 Å². The van der Waals surface area contributed by atoms with Gasteiger partial charge in [0.1, 0.15) is 6.67 Å². The van der Waals surface area contributed by atoms with E-state index < -0.39 is 18.7 Å². The lowest BCUT2D eigenvalue weighted by atomic mass is 9.97. The highest BCUT2D eigenvalue weighted by molar-refractivity contribution is 5.98. The highest BCUT2D eigenvalue weighted by Gasteiger charge is 2.42. The van der Waals surface area contributed by atoms with E-state index in [-0.39, 0.29) is 30.1 Å². The average molecular weight is 448 g/mol. The second-order valence-electron chi connectivity index (χ2n) is 7.94. The summed E-state index contributed by atoms with van der Waals surface area (Å²) in [6.07, 6.45) is 3.35. The zero-order valence-electron chi connectivity index (χ0n) is 17.4. The van der Waals surface area contributed by atoms with E-state index in [1.165, 1.54) is 28.1 Å². The maximum Gasteiger partial charge on any atom is 0.273 e. The standard InChI is InChI=1S/C21H23F3N6O2/c1-14-6-7-16(29-11-15(10-27-29)21(32,13-22)20(23)24)12-28(14)19(31)17-4-2-3-5-18(17)30-25-8-9-26-30/h2-5,8-11,14,16,20,32H,6-7,12-13H2,1H3/t14-,16-,21?/m1/s1. The fourth-order valence-electron chi connectivity index (χ4n) is 3.93. The van der Waals surface area contributed by atoms with E-state index in [0.29, 0.717) is 24.1 Å². The minimum absolute atomic E-state index is 0.0590. The number of piperidine rings is 1. The Morgan fingerprint density at radius 2 is 1.94 bits per heavy atom. The fraction of sp³-hybridized carbons (Fsp3) is 0.429. The number of carbonyl (C=O) groups excluding carboxylic acids is 1. The van der Waals surface area contributed by atoms with Gasteiger partial charge in [0.2, 0.25) is 0 Å². The van der Waals surface area contributed by atoms with Gasteiger partial charge in [-0.2, -0.15) is 20.1 Å². The predicted octanol–water partition coefficient (Wildman–Crippen LogP) is 2.75. The molecule has 1 amide bonds. The van der Waals surface area contributed by atoms with Gasteiger partial charge >= 0.3 is 0 Å². The van der Waals surface area contributed by atoms with Gasteiger partial charge in [-0.25, -0.2) is 13.2 Å². The molecule has 0 saturated carbocycles. The van der Waals surface area contributed by atoms with E-state index in [4.69, 9.17) is 0 Å². The summed E-state index contributed by atoms with van der Waals surface area (Å²) in [6, 6.07) is 6.64. The number of rotatable bonds is 6. The molecule has 0 spiro atoms. The summed E-state index contributed by atoms with van der Waals surface area (Å²) in [6.45, 7) is 0.599. The zero-order chi connectivity index (χ0) is 22.9. The van der Waals surface area contributed by atoms with Gasteiger partial charge in [-0.15, -0.1) is 0 Å². The molecule has 8 nitrogen and oxygen atoms in total. The number of amides is 1. The summed E-state index contributed by atoms with van der Waals surface area (Å²) in [5.41, 5.74) is -2.21. The first-order chi connectivity index (χ1) is 15.3. The molecule has 1 aliphatic heterocycles. The molecular formula is C21H23F3N6O2. The number of hydrogen-bond acceptors (Lipinski definition) is 5. The van der Waals surface area contributed by atoms with Crippen LogP contribution in [0.1, 0.15) is 41.7 Å². The molecule has 1 aliphatic rings. The van der Waals surface area contributed by atoms with Gasteiger partial charge in [0.05, 0.1) is 35.9 Å². The zero-order valence-corrected chi connectivity index (χ0v) is 17.4. The van der Waals surface area contributed by atoms with Gasteiger partial charge in [0.15, 0.2) is 5.60 Å². The number of para-hydroxylation sites is 1. The van der Waals surface area contributed by atoms with Crippen molar-refractivity contribution in [3.05, 3.63) is 60.2 Å². The van der Waals surface area contributed by atoms with E-state index in [1.807, 2.05) is 6.92 Å². The van der Waals surface area contributed by atoms with Crippen LogP contribution in [0.4, 0.5) is 13.2 Å². The third-order valence-corrected chi connectivity index (χ3v) is 5.93. The van der Waals surface area contributed by atoms with Crippen LogP contribution in [0.3, 0.4) is 0 Å². The molecule has 2 aromatic heterocycles. The number of nitrogens with zero attached hydrogens (tertiary/aromatic N) is 6. The van der Waals surface area contributed by atoms with Crippen molar-refractivity contribution in [2.75, 3.05) is 13.2 Å². The average Bonchev–Trinajstić information content (AvgIpc) is 3.51. The third kappa shape index (κ3) is 3.88. The van der Waals surface area contributed by atoms with E-state index in [2.05, 4.69) is 15.3 Å². The van der Waals surface area contributed by atoms with Crippen LogP contribution in [-0.4, -0.2) is 66.4 Å². The maximum absolute atomic E-state index is 13.4. The van der Waals surface area contributed by atoms with Gasteiger partial charge in [0.25, 0.3) is 12.3 Å². The summed E-state index contributed by atoms with van der Waals surface area (Å²) in [5.74, 6) is -0.213. The van der Waals surface area contributed by atoms with Crippen LogP contribution in [0.25, 0.3) is 5.69 Å². The molecule has 3 heterocycles. The summed E-state index contributed by atoms with van der Waals surface area (Å²) >= 11 is 0. The highest BCUT2D eigenvalue weighted by atomic mass is 19.3. The number of aliphatic hydroxyl groups is 1. The summed E-state index contributed by atoms with van der Waals surface area (Å²) in [5, 5.41) is 22.3. The topological polar surface area (TPSA) is 89.1 Å². The number of halogens is 3. The largest absolute Gasteiger partial charge is 0.377 e. The highest BCUT2D eigenvalue weighted by Crippen LogP contribution is 2.32. The van der Waals surface area contributed by atoms with Crippen molar-refractivity contribution >= 4 is 5.91 Å². The van der Waals surface area contributed by atoms with Crippen molar-refractivity contribution < 1.29 is 23.1 Å². The van der Waals surface area contributed by atoms with Crippen molar-refractivity contribution in [2.45, 2.75) is 43.9 Å². The molecule has 1 N–H and O–H groups in total. The van der Waals surface area contributed by atoms with E-state index in [1.54, 1.807) is 29.2 Å². The van der Waals surface area contributed by atoms with Crippen LogP contribution in [0.5, 0.6) is 0 Å². The normalized spacial score (nSPS) is 21.0. The molecule has 0 radical (unpaired) electrons.